The molecule has 0 saturated heterocycles. The van der Waals surface area contributed by atoms with Crippen molar-refractivity contribution in [1.29, 1.82) is 0 Å². The smallest absolute Gasteiger partial charge is 0.158 e. The van der Waals surface area contributed by atoms with Crippen molar-refractivity contribution in [3.8, 4) is 17.1 Å². The van der Waals surface area contributed by atoms with Gasteiger partial charge in [0.2, 0.25) is 0 Å². The Morgan fingerprint density at radius 3 is 2.67 bits per heavy atom. The molecule has 0 radical (unpaired) electrons. The molecular weight excluding hydrogens is 228 g/mol. The number of aromatic nitrogens is 1. The predicted molar refractivity (Wildman–Crippen MR) is 70.4 cm³/mol. The Kier molecular flexibility index (Phi) is 2.41. The van der Waals surface area contributed by atoms with Crippen molar-refractivity contribution in [3.05, 3.63) is 42.7 Å². The number of benzene rings is 1. The minimum Gasteiger partial charge on any atom is -0.497 e. The first-order chi connectivity index (χ1) is 8.79. The van der Waals surface area contributed by atoms with Crippen molar-refractivity contribution in [1.82, 2.24) is 4.98 Å². The standard InChI is InChI=1S/C14H12N2O2/c1-17-10-2-3-12-11(8-10)13(15)14(18-12)9-4-6-16-7-5-9/h2-8H,15H2,1H3. The third kappa shape index (κ3) is 1.59. The summed E-state index contributed by atoms with van der Waals surface area (Å²) in [6.07, 6.45) is 3.42. The van der Waals surface area contributed by atoms with Gasteiger partial charge >= 0.3 is 0 Å². The molecule has 4 nitrogen and oxygen atoms in total. The summed E-state index contributed by atoms with van der Waals surface area (Å²) >= 11 is 0. The van der Waals surface area contributed by atoms with Crippen LogP contribution in [0.15, 0.2) is 47.1 Å². The molecule has 4 heteroatoms. The van der Waals surface area contributed by atoms with E-state index >= 15 is 0 Å². The number of furan rings is 1. The zero-order valence-corrected chi connectivity index (χ0v) is 9.88. The highest BCUT2D eigenvalue weighted by atomic mass is 16.5. The Balaban J connectivity index is 2.23. The summed E-state index contributed by atoms with van der Waals surface area (Å²) in [5.41, 5.74) is 8.41. The molecule has 2 heterocycles. The van der Waals surface area contributed by atoms with Gasteiger partial charge in [-0.05, 0) is 30.3 Å². The first-order valence-electron chi connectivity index (χ1n) is 5.56. The van der Waals surface area contributed by atoms with E-state index in [0.29, 0.717) is 11.4 Å². The van der Waals surface area contributed by atoms with E-state index < -0.39 is 0 Å². The summed E-state index contributed by atoms with van der Waals surface area (Å²) in [4.78, 5) is 3.98. The Labute approximate surface area is 104 Å². The molecule has 0 spiro atoms. The number of hydrogen-bond acceptors (Lipinski definition) is 4. The van der Waals surface area contributed by atoms with Crippen LogP contribution in [0.1, 0.15) is 0 Å². The molecule has 0 aliphatic heterocycles. The van der Waals surface area contributed by atoms with Crippen molar-refractivity contribution in [2.45, 2.75) is 0 Å². The van der Waals surface area contributed by atoms with Crippen LogP contribution < -0.4 is 10.5 Å². The fourth-order valence-electron chi connectivity index (χ4n) is 1.94. The van der Waals surface area contributed by atoms with Crippen molar-refractivity contribution >= 4 is 16.7 Å². The lowest BCUT2D eigenvalue weighted by Gasteiger charge is -1.98. The van der Waals surface area contributed by atoms with Crippen LogP contribution in [-0.2, 0) is 0 Å². The first kappa shape index (κ1) is 10.7. The molecule has 0 saturated carbocycles. The summed E-state index contributed by atoms with van der Waals surface area (Å²) in [6, 6.07) is 9.31. The van der Waals surface area contributed by atoms with E-state index in [1.807, 2.05) is 30.3 Å². The molecule has 90 valence electrons. The highest BCUT2D eigenvalue weighted by Gasteiger charge is 2.13. The molecule has 3 rings (SSSR count). The van der Waals surface area contributed by atoms with Gasteiger partial charge in [-0.15, -0.1) is 0 Å². The molecule has 0 bridgehead atoms. The van der Waals surface area contributed by atoms with Gasteiger partial charge in [0, 0.05) is 23.3 Å². The van der Waals surface area contributed by atoms with Gasteiger partial charge in [0.15, 0.2) is 5.76 Å². The van der Waals surface area contributed by atoms with Crippen LogP contribution in [0.3, 0.4) is 0 Å². The quantitative estimate of drug-likeness (QED) is 0.747. The molecule has 2 N–H and O–H groups in total. The topological polar surface area (TPSA) is 61.3 Å². The van der Waals surface area contributed by atoms with Crippen LogP contribution in [0.5, 0.6) is 5.75 Å². The fourth-order valence-corrected chi connectivity index (χ4v) is 1.94. The van der Waals surface area contributed by atoms with E-state index in [4.69, 9.17) is 14.9 Å². The molecule has 0 aliphatic carbocycles. The number of ether oxygens (including phenoxy) is 1. The van der Waals surface area contributed by atoms with E-state index in [-0.39, 0.29) is 0 Å². The van der Waals surface area contributed by atoms with Gasteiger partial charge in [0.1, 0.15) is 11.3 Å². The third-order valence-electron chi connectivity index (χ3n) is 2.88. The molecule has 1 aromatic carbocycles. The van der Waals surface area contributed by atoms with Gasteiger partial charge in [0.25, 0.3) is 0 Å². The monoisotopic (exact) mass is 240 g/mol. The molecule has 0 aliphatic rings. The number of anilines is 1. The van der Waals surface area contributed by atoms with Crippen molar-refractivity contribution in [2.75, 3.05) is 12.8 Å². The minimum absolute atomic E-state index is 0.620. The lowest BCUT2D eigenvalue weighted by Crippen LogP contribution is -1.87. The predicted octanol–water partition coefficient (Wildman–Crippen LogP) is 3.09. The number of fused-ring (bicyclic) bond motifs is 1. The Morgan fingerprint density at radius 1 is 1.17 bits per heavy atom. The summed E-state index contributed by atoms with van der Waals surface area (Å²) in [6.45, 7) is 0. The minimum atomic E-state index is 0.620. The molecule has 2 aromatic heterocycles. The molecule has 0 fully saturated rings. The average molecular weight is 240 g/mol. The number of nitrogens with zero attached hydrogens (tertiary/aromatic N) is 1. The van der Waals surface area contributed by atoms with Gasteiger partial charge in [0.05, 0.1) is 12.8 Å². The maximum atomic E-state index is 6.12. The van der Waals surface area contributed by atoms with Crippen LogP contribution in [-0.4, -0.2) is 12.1 Å². The largest absolute Gasteiger partial charge is 0.497 e. The van der Waals surface area contributed by atoms with Crippen LogP contribution in [0.4, 0.5) is 5.69 Å². The number of nitrogens with two attached hydrogens (primary N) is 1. The maximum Gasteiger partial charge on any atom is 0.158 e. The normalized spacial score (nSPS) is 10.7. The fraction of sp³-hybridized carbons (Fsp3) is 0.0714. The molecule has 0 amide bonds. The Morgan fingerprint density at radius 2 is 1.94 bits per heavy atom. The zero-order chi connectivity index (χ0) is 12.5. The highest BCUT2D eigenvalue weighted by Crippen LogP contribution is 2.37. The van der Waals surface area contributed by atoms with Crippen LogP contribution in [0.2, 0.25) is 0 Å². The third-order valence-corrected chi connectivity index (χ3v) is 2.88. The van der Waals surface area contributed by atoms with Crippen LogP contribution >= 0.6 is 0 Å². The van der Waals surface area contributed by atoms with E-state index in [9.17, 15) is 0 Å². The van der Waals surface area contributed by atoms with Gasteiger partial charge in [-0.1, -0.05) is 0 Å². The lowest BCUT2D eigenvalue weighted by atomic mass is 10.1. The number of pyridine rings is 1. The van der Waals surface area contributed by atoms with E-state index in [1.165, 1.54) is 0 Å². The second kappa shape index (κ2) is 4.07. The van der Waals surface area contributed by atoms with Crippen LogP contribution in [0.25, 0.3) is 22.3 Å². The second-order valence-electron chi connectivity index (χ2n) is 3.94. The number of nitrogen functional groups attached to an aromatic ring is 1. The SMILES string of the molecule is COc1ccc2oc(-c3ccncc3)c(N)c2c1. The number of methoxy groups -OCH3 is 1. The van der Waals surface area contributed by atoms with Gasteiger partial charge in [-0.25, -0.2) is 0 Å². The van der Waals surface area contributed by atoms with E-state index in [0.717, 1.165) is 22.3 Å². The highest BCUT2D eigenvalue weighted by molar-refractivity contribution is 5.98. The van der Waals surface area contributed by atoms with Crippen molar-refractivity contribution in [3.63, 3.8) is 0 Å². The molecule has 18 heavy (non-hydrogen) atoms. The first-order valence-corrected chi connectivity index (χ1v) is 5.56. The van der Waals surface area contributed by atoms with Gasteiger partial charge in [-0.3, -0.25) is 4.98 Å². The summed E-state index contributed by atoms with van der Waals surface area (Å²) in [5.74, 6) is 1.43. The van der Waals surface area contributed by atoms with E-state index in [1.54, 1.807) is 19.5 Å². The van der Waals surface area contributed by atoms with E-state index in [2.05, 4.69) is 4.98 Å². The zero-order valence-electron chi connectivity index (χ0n) is 9.88. The Hall–Kier alpha value is -2.49. The van der Waals surface area contributed by atoms with Crippen molar-refractivity contribution in [2.24, 2.45) is 0 Å². The number of rotatable bonds is 2. The maximum absolute atomic E-state index is 6.12. The number of hydrogen-bond donors (Lipinski definition) is 1. The van der Waals surface area contributed by atoms with Crippen LogP contribution in [0, 0.1) is 0 Å². The van der Waals surface area contributed by atoms with Gasteiger partial charge < -0.3 is 14.9 Å². The Bertz CT molecular complexity index is 690. The summed E-state index contributed by atoms with van der Waals surface area (Å²) in [7, 11) is 1.63. The van der Waals surface area contributed by atoms with Crippen molar-refractivity contribution < 1.29 is 9.15 Å². The molecule has 0 atom stereocenters. The summed E-state index contributed by atoms with van der Waals surface area (Å²) < 4.78 is 11.0. The molecular formula is C14H12N2O2. The lowest BCUT2D eigenvalue weighted by molar-refractivity contribution is 0.415. The molecule has 3 aromatic rings. The molecule has 0 unspecified atom stereocenters. The summed E-state index contributed by atoms with van der Waals surface area (Å²) in [5, 5.41) is 0.862. The van der Waals surface area contributed by atoms with Gasteiger partial charge in [-0.2, -0.15) is 0 Å². The average Bonchev–Trinajstić information content (AvgIpc) is 2.77. The second-order valence-corrected chi connectivity index (χ2v) is 3.94.